The maximum absolute atomic E-state index is 9.30. The van der Waals surface area contributed by atoms with E-state index in [0.29, 0.717) is 11.2 Å². The Hall–Kier alpha value is -1.71. The van der Waals surface area contributed by atoms with Crippen molar-refractivity contribution in [2.45, 2.75) is 0 Å². The van der Waals surface area contributed by atoms with Crippen molar-refractivity contribution >= 4 is 11.2 Å². The Morgan fingerprint density at radius 3 is 3.09 bits per heavy atom. The quantitative estimate of drug-likeness (QED) is 0.577. The van der Waals surface area contributed by atoms with Crippen molar-refractivity contribution < 1.29 is 5.11 Å². The summed E-state index contributed by atoms with van der Waals surface area (Å²) < 4.78 is 1.53. The van der Waals surface area contributed by atoms with Gasteiger partial charge in [0.05, 0.1) is 11.9 Å². The largest absolute Gasteiger partial charge is 0.506 e. The Morgan fingerprint density at radius 2 is 2.36 bits per heavy atom. The van der Waals surface area contributed by atoms with Crippen molar-refractivity contribution in [1.29, 1.82) is 0 Å². The van der Waals surface area contributed by atoms with Gasteiger partial charge in [-0.25, -0.2) is 4.52 Å². The molecule has 0 saturated heterocycles. The first kappa shape index (κ1) is 6.03. The summed E-state index contributed by atoms with van der Waals surface area (Å²) in [4.78, 5) is 0. The molecule has 0 aliphatic carbocycles. The highest BCUT2D eigenvalue weighted by Gasteiger charge is 2.02. The van der Waals surface area contributed by atoms with Gasteiger partial charge in [0.1, 0.15) is 11.3 Å². The molecule has 11 heavy (non-hydrogen) atoms. The van der Waals surface area contributed by atoms with E-state index in [0.717, 1.165) is 0 Å². The summed E-state index contributed by atoms with van der Waals surface area (Å²) in [6.45, 7) is 0. The van der Waals surface area contributed by atoms with Crippen LogP contribution in [0.25, 0.3) is 5.52 Å². The van der Waals surface area contributed by atoms with Crippen LogP contribution in [0.2, 0.25) is 0 Å². The third-order valence-electron chi connectivity index (χ3n) is 1.55. The molecule has 2 aromatic heterocycles. The van der Waals surface area contributed by atoms with Gasteiger partial charge in [0.15, 0.2) is 0 Å². The van der Waals surface area contributed by atoms with Gasteiger partial charge < -0.3 is 10.8 Å². The molecule has 0 amide bonds. The zero-order valence-electron chi connectivity index (χ0n) is 5.73. The minimum atomic E-state index is 0.155. The van der Waals surface area contributed by atoms with Gasteiger partial charge in [-0.1, -0.05) is 0 Å². The van der Waals surface area contributed by atoms with Crippen molar-refractivity contribution in [1.82, 2.24) is 9.61 Å². The lowest BCUT2D eigenvalue weighted by Crippen LogP contribution is -1.86. The van der Waals surface area contributed by atoms with Crippen LogP contribution in [0.15, 0.2) is 24.5 Å². The number of rotatable bonds is 0. The van der Waals surface area contributed by atoms with Crippen LogP contribution in [0.5, 0.6) is 5.75 Å². The van der Waals surface area contributed by atoms with Crippen LogP contribution in [-0.2, 0) is 0 Å². The van der Waals surface area contributed by atoms with Gasteiger partial charge in [-0.2, -0.15) is 5.10 Å². The number of aromatic hydroxyl groups is 1. The van der Waals surface area contributed by atoms with E-state index in [1.807, 2.05) is 0 Å². The molecule has 0 aromatic carbocycles. The summed E-state index contributed by atoms with van der Waals surface area (Å²) in [6.07, 6.45) is 3.24. The van der Waals surface area contributed by atoms with E-state index in [2.05, 4.69) is 5.10 Å². The van der Waals surface area contributed by atoms with Gasteiger partial charge in [-0.3, -0.25) is 0 Å². The molecule has 4 heteroatoms. The van der Waals surface area contributed by atoms with Crippen LogP contribution in [0.3, 0.4) is 0 Å². The Labute approximate surface area is 62.9 Å². The molecule has 56 valence electrons. The average Bonchev–Trinajstić information content (AvgIpc) is 2.34. The number of nitrogens with two attached hydrogens (primary N) is 1. The van der Waals surface area contributed by atoms with Crippen molar-refractivity contribution in [3.05, 3.63) is 24.5 Å². The molecule has 3 N–H and O–H groups in total. The standard InChI is InChI=1S/C7H7N3O/c8-5-4-9-10-3-1-2-6(11)7(5)10/h1-4,11H,8H2. The van der Waals surface area contributed by atoms with E-state index in [1.54, 1.807) is 18.3 Å². The molecule has 0 aliphatic heterocycles. The fourth-order valence-corrected chi connectivity index (χ4v) is 1.05. The molecule has 4 nitrogen and oxygen atoms in total. The van der Waals surface area contributed by atoms with Crippen LogP contribution in [0.4, 0.5) is 5.69 Å². The van der Waals surface area contributed by atoms with Crippen molar-refractivity contribution in [2.75, 3.05) is 5.73 Å². The predicted molar refractivity (Wildman–Crippen MR) is 41.3 cm³/mol. The number of nitrogen functional groups attached to an aromatic ring is 1. The molecule has 0 saturated carbocycles. The van der Waals surface area contributed by atoms with Crippen molar-refractivity contribution in [2.24, 2.45) is 0 Å². The monoisotopic (exact) mass is 149 g/mol. The fraction of sp³-hybridized carbons (Fsp3) is 0. The molecule has 2 heterocycles. The molecule has 0 unspecified atom stereocenters. The minimum absolute atomic E-state index is 0.155. The summed E-state index contributed by atoms with van der Waals surface area (Å²) in [6, 6.07) is 3.28. The second-order valence-corrected chi connectivity index (χ2v) is 2.29. The van der Waals surface area contributed by atoms with E-state index in [1.165, 1.54) is 10.7 Å². The Balaban J connectivity index is 2.96. The Morgan fingerprint density at radius 1 is 1.55 bits per heavy atom. The van der Waals surface area contributed by atoms with Crippen LogP contribution in [0, 0.1) is 0 Å². The third kappa shape index (κ3) is 0.724. The van der Waals surface area contributed by atoms with E-state index >= 15 is 0 Å². The van der Waals surface area contributed by atoms with Crippen LogP contribution in [0.1, 0.15) is 0 Å². The lowest BCUT2D eigenvalue weighted by molar-refractivity contribution is 0.478. The Bertz CT molecular complexity index is 393. The SMILES string of the molecule is Nc1cnn2cccc(O)c12. The topological polar surface area (TPSA) is 63.5 Å². The highest BCUT2D eigenvalue weighted by molar-refractivity contribution is 5.75. The number of fused-ring (bicyclic) bond motifs is 1. The molecule has 0 spiro atoms. The molecular formula is C7H7N3O. The van der Waals surface area contributed by atoms with Gasteiger partial charge in [-0.15, -0.1) is 0 Å². The molecule has 2 rings (SSSR count). The van der Waals surface area contributed by atoms with Crippen molar-refractivity contribution in [3.63, 3.8) is 0 Å². The zero-order valence-corrected chi connectivity index (χ0v) is 5.73. The van der Waals surface area contributed by atoms with E-state index in [-0.39, 0.29) is 5.75 Å². The van der Waals surface area contributed by atoms with Gasteiger partial charge in [0.25, 0.3) is 0 Å². The van der Waals surface area contributed by atoms with Gasteiger partial charge in [-0.05, 0) is 12.1 Å². The van der Waals surface area contributed by atoms with Crippen molar-refractivity contribution in [3.8, 4) is 5.75 Å². The van der Waals surface area contributed by atoms with Crippen LogP contribution in [-0.4, -0.2) is 14.7 Å². The summed E-state index contributed by atoms with van der Waals surface area (Å²) in [5, 5.41) is 13.2. The molecule has 0 aliphatic rings. The van der Waals surface area contributed by atoms with Crippen LogP contribution < -0.4 is 5.73 Å². The lowest BCUT2D eigenvalue weighted by atomic mass is 10.3. The molecule has 0 atom stereocenters. The van der Waals surface area contributed by atoms with E-state index in [9.17, 15) is 5.11 Å². The predicted octanol–water partition coefficient (Wildman–Crippen LogP) is 0.622. The minimum Gasteiger partial charge on any atom is -0.506 e. The van der Waals surface area contributed by atoms with Crippen LogP contribution >= 0.6 is 0 Å². The molecule has 2 aromatic rings. The highest BCUT2D eigenvalue weighted by atomic mass is 16.3. The number of hydrogen-bond donors (Lipinski definition) is 2. The molecule has 0 radical (unpaired) electrons. The average molecular weight is 149 g/mol. The van der Waals surface area contributed by atoms with E-state index in [4.69, 9.17) is 5.73 Å². The number of anilines is 1. The normalized spacial score (nSPS) is 10.5. The summed E-state index contributed by atoms with van der Waals surface area (Å²) >= 11 is 0. The first-order valence-electron chi connectivity index (χ1n) is 3.20. The van der Waals surface area contributed by atoms with Gasteiger partial charge in [0, 0.05) is 6.20 Å². The molecule has 0 fully saturated rings. The number of aromatic nitrogens is 2. The molecule has 0 bridgehead atoms. The second-order valence-electron chi connectivity index (χ2n) is 2.29. The number of nitrogens with zero attached hydrogens (tertiary/aromatic N) is 2. The smallest absolute Gasteiger partial charge is 0.143 e. The maximum atomic E-state index is 9.30. The fourth-order valence-electron chi connectivity index (χ4n) is 1.05. The van der Waals surface area contributed by atoms with Gasteiger partial charge >= 0.3 is 0 Å². The summed E-state index contributed by atoms with van der Waals surface area (Å²) in [7, 11) is 0. The Kier molecular flexibility index (Phi) is 1.03. The lowest BCUT2D eigenvalue weighted by Gasteiger charge is -1.95. The summed E-state index contributed by atoms with van der Waals surface area (Å²) in [5.41, 5.74) is 6.59. The second kappa shape index (κ2) is 1.88. The number of hydrogen-bond acceptors (Lipinski definition) is 3. The first-order chi connectivity index (χ1) is 5.29. The summed E-state index contributed by atoms with van der Waals surface area (Å²) in [5.74, 6) is 0.155. The first-order valence-corrected chi connectivity index (χ1v) is 3.20. The highest BCUT2D eigenvalue weighted by Crippen LogP contribution is 2.22. The third-order valence-corrected chi connectivity index (χ3v) is 1.55. The van der Waals surface area contributed by atoms with E-state index < -0.39 is 0 Å². The zero-order chi connectivity index (χ0) is 7.84. The maximum Gasteiger partial charge on any atom is 0.143 e. The van der Waals surface area contributed by atoms with Gasteiger partial charge in [0.2, 0.25) is 0 Å². The molecular weight excluding hydrogens is 142 g/mol. The number of pyridine rings is 1.